The van der Waals surface area contributed by atoms with Gasteiger partial charge in [-0.2, -0.15) is 0 Å². The van der Waals surface area contributed by atoms with Gasteiger partial charge in [0.05, 0.1) is 19.1 Å². The topological polar surface area (TPSA) is 228 Å². The zero-order valence-corrected chi connectivity index (χ0v) is 16.3. The van der Waals surface area contributed by atoms with Crippen molar-refractivity contribution in [1.29, 1.82) is 0 Å². The second-order valence-electron chi connectivity index (χ2n) is 6.74. The van der Waals surface area contributed by atoms with Crippen LogP contribution in [-0.2, 0) is 24.0 Å². The van der Waals surface area contributed by atoms with Crippen molar-refractivity contribution in [2.45, 2.75) is 57.5 Å². The van der Waals surface area contributed by atoms with Gasteiger partial charge in [-0.3, -0.25) is 19.2 Å². The van der Waals surface area contributed by atoms with Crippen LogP contribution < -0.4 is 21.7 Å². The first-order valence-corrected chi connectivity index (χ1v) is 8.72. The molecular formula is C16H28N4O9. The molecule has 0 aliphatic rings. The highest BCUT2D eigenvalue weighted by Gasteiger charge is 2.32. The minimum Gasteiger partial charge on any atom is -0.481 e. The molecule has 5 unspecified atom stereocenters. The van der Waals surface area contributed by atoms with E-state index in [0.29, 0.717) is 0 Å². The molecule has 0 aromatic carbocycles. The van der Waals surface area contributed by atoms with E-state index in [-0.39, 0.29) is 0 Å². The van der Waals surface area contributed by atoms with Crippen LogP contribution in [0.5, 0.6) is 0 Å². The number of nitrogens with two attached hydrogens (primary N) is 1. The molecule has 166 valence electrons. The second-order valence-corrected chi connectivity index (χ2v) is 6.74. The van der Waals surface area contributed by atoms with Crippen LogP contribution in [0.25, 0.3) is 0 Å². The van der Waals surface area contributed by atoms with Crippen molar-refractivity contribution in [3.05, 3.63) is 0 Å². The van der Waals surface area contributed by atoms with Crippen LogP contribution in [0.15, 0.2) is 0 Å². The molecular weight excluding hydrogens is 392 g/mol. The number of nitrogens with one attached hydrogen (secondary N) is 3. The molecule has 0 aromatic heterocycles. The average molecular weight is 420 g/mol. The van der Waals surface area contributed by atoms with E-state index in [2.05, 4.69) is 16.0 Å². The minimum atomic E-state index is -1.66. The molecule has 0 rings (SSSR count). The summed E-state index contributed by atoms with van der Waals surface area (Å²) in [7, 11) is 0. The summed E-state index contributed by atoms with van der Waals surface area (Å²) in [6.45, 7) is 3.38. The Hall–Kier alpha value is -2.77. The number of carboxylic acids is 2. The monoisotopic (exact) mass is 420 g/mol. The first kappa shape index (κ1) is 26.2. The number of aliphatic hydroxyl groups is 2. The molecule has 5 atom stereocenters. The van der Waals surface area contributed by atoms with Crippen LogP contribution in [0.2, 0.25) is 0 Å². The lowest BCUT2D eigenvalue weighted by molar-refractivity contribution is -0.144. The van der Waals surface area contributed by atoms with Crippen molar-refractivity contribution >= 4 is 29.7 Å². The van der Waals surface area contributed by atoms with Gasteiger partial charge in [0.15, 0.2) is 0 Å². The number of aliphatic carboxylic acids is 2. The Bertz CT molecular complexity index is 624. The molecule has 13 heteroatoms. The van der Waals surface area contributed by atoms with E-state index >= 15 is 0 Å². The number of carbonyl (C=O) groups excluding carboxylic acids is 3. The molecule has 0 radical (unpaired) electrons. The summed E-state index contributed by atoms with van der Waals surface area (Å²) in [5, 5.41) is 43.0. The maximum atomic E-state index is 12.3. The lowest BCUT2D eigenvalue weighted by Gasteiger charge is -2.24. The van der Waals surface area contributed by atoms with Gasteiger partial charge in [-0.05, 0) is 12.8 Å². The number of rotatable bonds is 12. The Morgan fingerprint density at radius 1 is 0.862 bits per heavy atom. The molecule has 0 fully saturated rings. The fourth-order valence-corrected chi connectivity index (χ4v) is 2.10. The molecule has 13 nitrogen and oxygen atoms in total. The molecule has 0 saturated carbocycles. The Kier molecular flexibility index (Phi) is 10.8. The lowest BCUT2D eigenvalue weighted by Crippen LogP contribution is -2.59. The number of carbonyl (C=O) groups is 5. The average Bonchev–Trinajstić information content (AvgIpc) is 2.61. The smallest absolute Gasteiger partial charge is 0.326 e. The van der Waals surface area contributed by atoms with Gasteiger partial charge in [0, 0.05) is 0 Å². The highest BCUT2D eigenvalue weighted by Crippen LogP contribution is 2.03. The Morgan fingerprint density at radius 2 is 1.34 bits per heavy atom. The molecule has 0 spiro atoms. The number of hydrogen-bond donors (Lipinski definition) is 8. The highest BCUT2D eigenvalue weighted by molar-refractivity contribution is 5.95. The third-order valence-electron chi connectivity index (χ3n) is 3.88. The maximum absolute atomic E-state index is 12.3. The molecule has 0 aliphatic carbocycles. The summed E-state index contributed by atoms with van der Waals surface area (Å²) in [5.41, 5.74) is 5.43. The predicted molar refractivity (Wildman–Crippen MR) is 97.3 cm³/mol. The van der Waals surface area contributed by atoms with Gasteiger partial charge in [0.1, 0.15) is 24.2 Å². The molecule has 0 aromatic rings. The van der Waals surface area contributed by atoms with Crippen molar-refractivity contribution in [1.82, 2.24) is 16.0 Å². The van der Waals surface area contributed by atoms with E-state index in [0.717, 1.165) is 0 Å². The van der Waals surface area contributed by atoms with Gasteiger partial charge in [-0.1, -0.05) is 13.8 Å². The van der Waals surface area contributed by atoms with Gasteiger partial charge in [-0.25, -0.2) is 4.79 Å². The Balaban J connectivity index is 5.27. The normalized spacial score (nSPS) is 16.1. The van der Waals surface area contributed by atoms with Crippen LogP contribution >= 0.6 is 0 Å². The number of hydrogen-bond acceptors (Lipinski definition) is 8. The van der Waals surface area contributed by atoms with Crippen molar-refractivity contribution in [2.24, 2.45) is 11.7 Å². The molecule has 0 saturated heterocycles. The van der Waals surface area contributed by atoms with Crippen molar-refractivity contribution in [3.8, 4) is 0 Å². The maximum Gasteiger partial charge on any atom is 0.326 e. The Labute approximate surface area is 166 Å². The summed E-state index contributed by atoms with van der Waals surface area (Å²) in [5.74, 6) is -6.40. The van der Waals surface area contributed by atoms with Gasteiger partial charge >= 0.3 is 11.9 Å². The minimum absolute atomic E-state index is 0.493. The third-order valence-corrected chi connectivity index (χ3v) is 3.88. The van der Waals surface area contributed by atoms with Crippen LogP contribution in [0.4, 0.5) is 0 Å². The van der Waals surface area contributed by atoms with E-state index in [4.69, 9.17) is 15.9 Å². The second kappa shape index (κ2) is 11.9. The number of carboxylic acid groups (broad SMARTS) is 2. The summed E-state index contributed by atoms with van der Waals surface area (Å²) >= 11 is 0. The lowest BCUT2D eigenvalue weighted by atomic mass is 10.0. The summed E-state index contributed by atoms with van der Waals surface area (Å²) in [6.07, 6.45) is -2.14. The van der Waals surface area contributed by atoms with Crippen LogP contribution in [-0.4, -0.2) is 87.0 Å². The molecule has 0 aliphatic heterocycles. The van der Waals surface area contributed by atoms with E-state index in [9.17, 15) is 34.2 Å². The fraction of sp³-hybridized carbons (Fsp3) is 0.688. The molecule has 9 N–H and O–H groups in total. The largest absolute Gasteiger partial charge is 0.481 e. The summed E-state index contributed by atoms with van der Waals surface area (Å²) in [4.78, 5) is 58.6. The highest BCUT2D eigenvalue weighted by atomic mass is 16.4. The van der Waals surface area contributed by atoms with Gasteiger partial charge in [0.2, 0.25) is 17.7 Å². The van der Waals surface area contributed by atoms with Gasteiger partial charge in [0.25, 0.3) is 0 Å². The van der Waals surface area contributed by atoms with E-state index in [1.807, 2.05) is 0 Å². The molecule has 0 bridgehead atoms. The predicted octanol–water partition coefficient (Wildman–Crippen LogP) is -3.64. The molecule has 0 heterocycles. The first-order valence-electron chi connectivity index (χ1n) is 8.72. The zero-order valence-electron chi connectivity index (χ0n) is 16.3. The van der Waals surface area contributed by atoms with Gasteiger partial charge < -0.3 is 42.1 Å². The van der Waals surface area contributed by atoms with Crippen LogP contribution in [0.1, 0.15) is 27.2 Å². The molecule has 29 heavy (non-hydrogen) atoms. The third kappa shape index (κ3) is 8.85. The first-order chi connectivity index (χ1) is 13.3. The van der Waals surface area contributed by atoms with Crippen LogP contribution in [0, 0.1) is 5.92 Å². The summed E-state index contributed by atoms with van der Waals surface area (Å²) in [6, 6.07) is -5.97. The van der Waals surface area contributed by atoms with Crippen molar-refractivity contribution in [2.75, 3.05) is 6.61 Å². The van der Waals surface area contributed by atoms with E-state index < -0.39 is 78.9 Å². The summed E-state index contributed by atoms with van der Waals surface area (Å²) < 4.78 is 0. The number of amides is 3. The standard InChI is InChI=1S/C16H28N4O9/c1-6(2)12(16(28)29)20-14(26)9(5-21)19-13(25)8(4-10(23)24)18-15(27)11(17)7(3)22/h6-9,11-12,21-22H,4-5,17H2,1-3H3,(H,18,27)(H,19,25)(H,20,26)(H,23,24)(H,28,29). The van der Waals surface area contributed by atoms with Gasteiger partial charge in [-0.15, -0.1) is 0 Å². The van der Waals surface area contributed by atoms with Crippen molar-refractivity contribution < 1.29 is 44.4 Å². The molecule has 3 amide bonds. The fourth-order valence-electron chi connectivity index (χ4n) is 2.10. The van der Waals surface area contributed by atoms with E-state index in [1.54, 1.807) is 0 Å². The van der Waals surface area contributed by atoms with Crippen molar-refractivity contribution in [3.63, 3.8) is 0 Å². The van der Waals surface area contributed by atoms with E-state index in [1.165, 1.54) is 20.8 Å². The number of aliphatic hydroxyl groups excluding tert-OH is 2. The quantitative estimate of drug-likeness (QED) is 0.154. The van der Waals surface area contributed by atoms with Crippen LogP contribution in [0.3, 0.4) is 0 Å². The zero-order chi connectivity index (χ0) is 22.9. The SMILES string of the molecule is CC(C)C(NC(=O)C(CO)NC(=O)C(CC(=O)O)NC(=O)C(N)C(C)O)C(=O)O. The Morgan fingerprint density at radius 3 is 1.72 bits per heavy atom.